The van der Waals surface area contributed by atoms with E-state index < -0.39 is 16.4 Å². The maximum absolute atomic E-state index is 12.4. The van der Waals surface area contributed by atoms with Crippen LogP contribution >= 0.6 is 11.3 Å². The molecule has 1 aromatic rings. The highest BCUT2D eigenvalue weighted by atomic mass is 32.2. The Morgan fingerprint density at radius 2 is 2.30 bits per heavy atom. The SMILES string of the molecule is CC(C)(C)OC(=O)N1CCC[C@@H]([S@@](=O)c2nccs2)C1. The van der Waals surface area contributed by atoms with Gasteiger partial charge >= 0.3 is 6.09 Å². The largest absolute Gasteiger partial charge is 0.444 e. The molecule has 1 saturated heterocycles. The average Bonchev–Trinajstić information content (AvgIpc) is 2.90. The van der Waals surface area contributed by atoms with Gasteiger partial charge in [-0.25, -0.2) is 9.78 Å². The molecular weight excluding hydrogens is 296 g/mol. The molecule has 20 heavy (non-hydrogen) atoms. The molecule has 0 aliphatic carbocycles. The maximum atomic E-state index is 12.4. The predicted molar refractivity (Wildman–Crippen MR) is 79.4 cm³/mol. The molecule has 1 aliphatic rings. The minimum Gasteiger partial charge on any atom is -0.444 e. The number of rotatable bonds is 2. The van der Waals surface area contributed by atoms with E-state index in [1.165, 1.54) is 11.3 Å². The van der Waals surface area contributed by atoms with Crippen LogP contribution in [0.4, 0.5) is 4.79 Å². The van der Waals surface area contributed by atoms with Gasteiger partial charge in [0.15, 0.2) is 4.34 Å². The van der Waals surface area contributed by atoms with Gasteiger partial charge in [0.2, 0.25) is 0 Å². The van der Waals surface area contributed by atoms with E-state index in [1.807, 2.05) is 26.2 Å². The lowest BCUT2D eigenvalue weighted by Gasteiger charge is -2.33. The summed E-state index contributed by atoms with van der Waals surface area (Å²) < 4.78 is 18.4. The zero-order valence-corrected chi connectivity index (χ0v) is 13.6. The van der Waals surface area contributed by atoms with Crippen molar-refractivity contribution >= 4 is 28.2 Å². The minimum atomic E-state index is -1.14. The fourth-order valence-electron chi connectivity index (χ4n) is 2.06. The smallest absolute Gasteiger partial charge is 0.410 e. The van der Waals surface area contributed by atoms with Gasteiger partial charge in [0.05, 0.1) is 16.0 Å². The van der Waals surface area contributed by atoms with Crippen LogP contribution in [0.25, 0.3) is 0 Å². The van der Waals surface area contributed by atoms with Gasteiger partial charge in [-0.15, -0.1) is 11.3 Å². The second-order valence-corrected chi connectivity index (χ2v) is 8.59. The zero-order chi connectivity index (χ0) is 14.8. The van der Waals surface area contributed by atoms with E-state index in [1.54, 1.807) is 11.1 Å². The third-order valence-corrected chi connectivity index (χ3v) is 5.70. The highest BCUT2D eigenvalue weighted by Gasteiger charge is 2.31. The van der Waals surface area contributed by atoms with Crippen molar-refractivity contribution in [3.63, 3.8) is 0 Å². The molecule has 1 aromatic heterocycles. The first-order valence-electron chi connectivity index (χ1n) is 6.65. The van der Waals surface area contributed by atoms with E-state index in [-0.39, 0.29) is 11.3 Å². The number of carbonyl (C=O) groups is 1. The molecule has 0 N–H and O–H groups in total. The van der Waals surface area contributed by atoms with Crippen LogP contribution in [-0.2, 0) is 15.5 Å². The second kappa shape index (κ2) is 6.22. The van der Waals surface area contributed by atoms with Crippen LogP contribution in [-0.4, -0.2) is 44.1 Å². The number of thiazole rings is 1. The first-order valence-corrected chi connectivity index (χ1v) is 8.74. The molecule has 1 aliphatic heterocycles. The van der Waals surface area contributed by atoms with Crippen molar-refractivity contribution in [3.8, 4) is 0 Å². The second-order valence-electron chi connectivity index (χ2n) is 5.79. The average molecular weight is 316 g/mol. The number of nitrogens with zero attached hydrogens (tertiary/aromatic N) is 2. The van der Waals surface area contributed by atoms with Crippen molar-refractivity contribution in [2.75, 3.05) is 13.1 Å². The van der Waals surface area contributed by atoms with Crippen molar-refractivity contribution in [1.29, 1.82) is 0 Å². The predicted octanol–water partition coefficient (Wildman–Crippen LogP) is 2.65. The molecular formula is C13H20N2O3S2. The van der Waals surface area contributed by atoms with Crippen LogP contribution in [0.1, 0.15) is 33.6 Å². The summed E-state index contributed by atoms with van der Waals surface area (Å²) in [6, 6.07) is 0. The van der Waals surface area contributed by atoms with Crippen molar-refractivity contribution in [2.24, 2.45) is 0 Å². The Labute approximate surface area is 125 Å². The molecule has 112 valence electrons. The molecule has 0 aromatic carbocycles. The molecule has 1 fully saturated rings. The first-order chi connectivity index (χ1) is 9.37. The monoisotopic (exact) mass is 316 g/mol. The van der Waals surface area contributed by atoms with Gasteiger partial charge in [0.25, 0.3) is 0 Å². The fraction of sp³-hybridized carbons (Fsp3) is 0.692. The van der Waals surface area contributed by atoms with Gasteiger partial charge in [0, 0.05) is 24.7 Å². The quantitative estimate of drug-likeness (QED) is 0.841. The Morgan fingerprint density at radius 1 is 1.55 bits per heavy atom. The number of piperidine rings is 1. The summed E-state index contributed by atoms with van der Waals surface area (Å²) in [6.07, 6.45) is 3.04. The molecule has 0 spiro atoms. The number of amides is 1. The molecule has 2 heterocycles. The number of ether oxygens (including phenoxy) is 1. The lowest BCUT2D eigenvalue weighted by atomic mass is 10.1. The normalized spacial score (nSPS) is 21.6. The molecule has 7 heteroatoms. The molecule has 5 nitrogen and oxygen atoms in total. The van der Waals surface area contributed by atoms with Gasteiger partial charge in [0.1, 0.15) is 5.60 Å². The highest BCUT2D eigenvalue weighted by Crippen LogP contribution is 2.23. The van der Waals surface area contributed by atoms with E-state index in [0.717, 1.165) is 12.8 Å². The van der Waals surface area contributed by atoms with Crippen molar-refractivity contribution in [1.82, 2.24) is 9.88 Å². The van der Waals surface area contributed by atoms with Gasteiger partial charge in [-0.05, 0) is 33.6 Å². The number of carbonyl (C=O) groups excluding carboxylic acids is 1. The standard InChI is InChI=1S/C13H20N2O3S2/c1-13(2,3)18-12(16)15-7-4-5-10(9-15)20(17)11-14-6-8-19-11/h6,8,10H,4-5,7,9H2,1-3H3/t10-,20-/m1/s1. The summed E-state index contributed by atoms with van der Waals surface area (Å²) in [4.78, 5) is 17.8. The number of hydrogen-bond acceptors (Lipinski definition) is 5. The van der Waals surface area contributed by atoms with Gasteiger partial charge in [-0.1, -0.05) is 0 Å². The zero-order valence-electron chi connectivity index (χ0n) is 12.0. The lowest BCUT2D eigenvalue weighted by molar-refractivity contribution is 0.0219. The van der Waals surface area contributed by atoms with Gasteiger partial charge in [-0.3, -0.25) is 4.21 Å². The molecule has 0 bridgehead atoms. The van der Waals surface area contributed by atoms with Crippen molar-refractivity contribution < 1.29 is 13.7 Å². The van der Waals surface area contributed by atoms with Gasteiger partial charge in [-0.2, -0.15) is 0 Å². The molecule has 2 atom stereocenters. The van der Waals surface area contributed by atoms with Crippen LogP contribution in [0.2, 0.25) is 0 Å². The summed E-state index contributed by atoms with van der Waals surface area (Å²) >= 11 is 1.40. The van der Waals surface area contributed by atoms with E-state index in [9.17, 15) is 9.00 Å². The van der Waals surface area contributed by atoms with Crippen molar-refractivity contribution in [3.05, 3.63) is 11.6 Å². The highest BCUT2D eigenvalue weighted by molar-refractivity contribution is 7.87. The lowest BCUT2D eigenvalue weighted by Crippen LogP contribution is -2.45. The van der Waals surface area contributed by atoms with E-state index >= 15 is 0 Å². The van der Waals surface area contributed by atoms with Gasteiger partial charge < -0.3 is 9.64 Å². The maximum Gasteiger partial charge on any atom is 0.410 e. The summed E-state index contributed by atoms with van der Waals surface area (Å²) in [5, 5.41) is 1.77. The van der Waals surface area contributed by atoms with Crippen LogP contribution < -0.4 is 0 Å². The third-order valence-electron chi connectivity index (χ3n) is 2.91. The van der Waals surface area contributed by atoms with Crippen LogP contribution in [0.15, 0.2) is 15.9 Å². The summed E-state index contributed by atoms with van der Waals surface area (Å²) in [6.45, 7) is 6.68. The number of hydrogen-bond donors (Lipinski definition) is 0. The molecule has 1 amide bonds. The van der Waals surface area contributed by atoms with E-state index in [2.05, 4.69) is 4.98 Å². The number of aromatic nitrogens is 1. The summed E-state index contributed by atoms with van der Waals surface area (Å²) in [5.74, 6) is 0. The minimum absolute atomic E-state index is 0.0533. The third kappa shape index (κ3) is 4.02. The van der Waals surface area contributed by atoms with Crippen LogP contribution in [0, 0.1) is 0 Å². The number of likely N-dealkylation sites (tertiary alicyclic amines) is 1. The Balaban J connectivity index is 1.98. The molecule has 0 unspecified atom stereocenters. The Hall–Kier alpha value is -0.950. The molecule has 0 radical (unpaired) electrons. The van der Waals surface area contributed by atoms with Crippen LogP contribution in [0.5, 0.6) is 0 Å². The Morgan fingerprint density at radius 3 is 2.90 bits per heavy atom. The van der Waals surface area contributed by atoms with E-state index in [4.69, 9.17) is 4.74 Å². The summed E-state index contributed by atoms with van der Waals surface area (Å²) in [5.41, 5.74) is -0.502. The molecule has 0 saturated carbocycles. The van der Waals surface area contributed by atoms with Crippen molar-refractivity contribution in [2.45, 2.75) is 48.8 Å². The van der Waals surface area contributed by atoms with E-state index in [0.29, 0.717) is 17.4 Å². The van der Waals surface area contributed by atoms with Crippen LogP contribution in [0.3, 0.4) is 0 Å². The first kappa shape index (κ1) is 15.4. The summed E-state index contributed by atoms with van der Waals surface area (Å²) in [7, 11) is -1.14. The fourth-order valence-corrected chi connectivity index (χ4v) is 4.52. The Bertz CT molecular complexity index is 482. The Kier molecular flexibility index (Phi) is 4.80. The topological polar surface area (TPSA) is 59.5 Å². The molecule has 2 rings (SSSR count).